The highest BCUT2D eigenvalue weighted by Crippen LogP contribution is 2.37. The second-order valence-corrected chi connectivity index (χ2v) is 9.38. The largest absolute Gasteiger partial charge is 0.478 e. The van der Waals surface area contributed by atoms with Gasteiger partial charge in [0, 0.05) is 19.8 Å². The lowest BCUT2D eigenvalue weighted by atomic mass is 10.1. The van der Waals surface area contributed by atoms with Gasteiger partial charge in [0.25, 0.3) is 0 Å². The summed E-state index contributed by atoms with van der Waals surface area (Å²) in [5, 5.41) is 9.89. The molecule has 1 heterocycles. The van der Waals surface area contributed by atoms with Crippen molar-refractivity contribution < 1.29 is 18.3 Å². The summed E-state index contributed by atoms with van der Waals surface area (Å²) >= 11 is 13.0. The van der Waals surface area contributed by atoms with E-state index in [0.29, 0.717) is 11.3 Å². The van der Waals surface area contributed by atoms with Crippen LogP contribution in [0.3, 0.4) is 0 Å². The van der Waals surface area contributed by atoms with Gasteiger partial charge in [-0.15, -0.1) is 11.3 Å². The molecule has 23 heavy (non-hydrogen) atoms. The number of carboxylic acids is 1. The summed E-state index contributed by atoms with van der Waals surface area (Å²) in [6.07, 6.45) is 2.41. The number of benzene rings is 1. The average Bonchev–Trinajstić information content (AvgIpc) is 2.96. The molecule has 0 saturated heterocycles. The highest BCUT2D eigenvalue weighted by Gasteiger charge is 2.29. The molecule has 8 heteroatoms. The molecule has 0 bridgehead atoms. The van der Waals surface area contributed by atoms with Gasteiger partial charge in [0.15, 0.2) is 9.84 Å². The molecule has 0 spiro atoms. The number of thiophene rings is 1. The average molecular weight is 391 g/mol. The molecular weight excluding hydrogens is 379 g/mol. The molecule has 1 aliphatic carbocycles. The van der Waals surface area contributed by atoms with E-state index in [-0.39, 0.29) is 26.3 Å². The van der Waals surface area contributed by atoms with Crippen molar-refractivity contribution in [3.63, 3.8) is 0 Å². The van der Waals surface area contributed by atoms with Crippen molar-refractivity contribution in [2.24, 2.45) is 0 Å². The second kappa shape index (κ2) is 6.09. The third-order valence-electron chi connectivity index (χ3n) is 3.72. The van der Waals surface area contributed by atoms with Crippen LogP contribution >= 0.6 is 34.5 Å². The van der Waals surface area contributed by atoms with Crippen LogP contribution in [0.2, 0.25) is 10.0 Å². The number of hydrogen-bond acceptors (Lipinski definition) is 4. The minimum absolute atomic E-state index is 0.0000942. The third-order valence-corrected chi connectivity index (χ3v) is 7.26. The molecule has 3 rings (SSSR count). The van der Waals surface area contributed by atoms with Gasteiger partial charge in [-0.3, -0.25) is 0 Å². The number of carbonyl (C=O) groups is 1. The Morgan fingerprint density at radius 3 is 2.43 bits per heavy atom. The lowest BCUT2D eigenvalue weighted by Crippen LogP contribution is -2.09. The zero-order valence-corrected chi connectivity index (χ0v) is 14.9. The molecule has 0 aliphatic heterocycles. The Bertz CT molecular complexity index is 880. The van der Waals surface area contributed by atoms with Gasteiger partial charge in [0.2, 0.25) is 0 Å². The first-order chi connectivity index (χ1) is 10.8. The molecule has 4 nitrogen and oxygen atoms in total. The summed E-state index contributed by atoms with van der Waals surface area (Å²) in [4.78, 5) is 12.9. The molecule has 0 unspecified atom stereocenters. The smallest absolute Gasteiger partial charge is 0.337 e. The predicted octanol–water partition coefficient (Wildman–Crippen LogP) is 4.22. The summed E-state index contributed by atoms with van der Waals surface area (Å²) in [5.41, 5.74) is 0.941. The fraction of sp³-hybridized carbons (Fsp3) is 0.267. The first-order valence-corrected chi connectivity index (χ1v) is 10.1. The molecule has 1 aromatic carbocycles. The first-order valence-electron chi connectivity index (χ1n) is 6.83. The van der Waals surface area contributed by atoms with E-state index in [1.165, 1.54) is 29.5 Å². The third kappa shape index (κ3) is 3.26. The Morgan fingerprint density at radius 2 is 1.83 bits per heavy atom. The maximum Gasteiger partial charge on any atom is 0.337 e. The van der Waals surface area contributed by atoms with Crippen LogP contribution in [0.25, 0.3) is 0 Å². The van der Waals surface area contributed by atoms with Gasteiger partial charge in [0.1, 0.15) is 0 Å². The standard InChI is InChI=1S/C15H12Cl2O4S2/c16-8-4-9(17)6-10(5-8)23(20,21)7-13-14(15(18)19)11-2-1-3-12(11)22-13/h4-6H,1-3,7H2,(H,18,19). The van der Waals surface area contributed by atoms with Crippen LogP contribution in [0.5, 0.6) is 0 Å². The summed E-state index contributed by atoms with van der Waals surface area (Å²) in [5.74, 6) is -1.43. The molecule has 1 N–H and O–H groups in total. The molecule has 0 fully saturated rings. The molecule has 122 valence electrons. The number of halogens is 2. The SMILES string of the molecule is O=C(O)c1c(CS(=O)(=O)c2cc(Cl)cc(Cl)c2)sc2c1CCC2. The van der Waals surface area contributed by atoms with Crippen molar-refractivity contribution in [1.82, 2.24) is 0 Å². The number of sulfone groups is 1. The Hall–Kier alpha value is -1.08. The molecule has 0 saturated carbocycles. The zero-order valence-electron chi connectivity index (χ0n) is 11.8. The summed E-state index contributed by atoms with van der Waals surface area (Å²) < 4.78 is 25.2. The maximum absolute atomic E-state index is 12.6. The quantitative estimate of drug-likeness (QED) is 0.847. The minimum atomic E-state index is -3.72. The van der Waals surface area contributed by atoms with Crippen molar-refractivity contribution in [1.29, 1.82) is 0 Å². The number of aryl methyl sites for hydroxylation is 1. The van der Waals surface area contributed by atoms with Gasteiger partial charge in [-0.05, 0) is 43.0 Å². The molecule has 0 radical (unpaired) electrons. The van der Waals surface area contributed by atoms with Crippen molar-refractivity contribution in [3.05, 3.63) is 49.1 Å². The molecule has 1 aliphatic rings. The van der Waals surface area contributed by atoms with Crippen molar-refractivity contribution in [3.8, 4) is 0 Å². The van der Waals surface area contributed by atoms with Crippen molar-refractivity contribution in [2.45, 2.75) is 29.9 Å². The van der Waals surface area contributed by atoms with Crippen LogP contribution in [0.1, 0.15) is 32.1 Å². The lowest BCUT2D eigenvalue weighted by Gasteiger charge is -2.06. The second-order valence-electron chi connectivity index (χ2n) is 5.32. The van der Waals surface area contributed by atoms with E-state index in [9.17, 15) is 18.3 Å². The van der Waals surface area contributed by atoms with Gasteiger partial charge < -0.3 is 5.11 Å². The Kier molecular flexibility index (Phi) is 4.44. The Balaban J connectivity index is 2.03. The van der Waals surface area contributed by atoms with Crippen molar-refractivity contribution >= 4 is 50.3 Å². The maximum atomic E-state index is 12.6. The minimum Gasteiger partial charge on any atom is -0.478 e. The molecule has 1 aromatic heterocycles. The fourth-order valence-electron chi connectivity index (χ4n) is 2.78. The van der Waals surface area contributed by atoms with E-state index in [0.717, 1.165) is 23.3 Å². The van der Waals surface area contributed by atoms with Crippen LogP contribution in [0.4, 0.5) is 0 Å². The number of fused-ring (bicyclic) bond motifs is 1. The monoisotopic (exact) mass is 390 g/mol. The van der Waals surface area contributed by atoms with Gasteiger partial charge in [-0.2, -0.15) is 0 Å². The van der Waals surface area contributed by atoms with E-state index in [2.05, 4.69) is 0 Å². The zero-order chi connectivity index (χ0) is 16.8. The summed E-state index contributed by atoms with van der Waals surface area (Å²) in [7, 11) is -3.72. The summed E-state index contributed by atoms with van der Waals surface area (Å²) in [6, 6.07) is 4.10. The summed E-state index contributed by atoms with van der Waals surface area (Å²) in [6.45, 7) is 0. The van der Waals surface area contributed by atoms with E-state index in [4.69, 9.17) is 23.2 Å². The molecule has 0 atom stereocenters. The van der Waals surface area contributed by atoms with Crippen molar-refractivity contribution in [2.75, 3.05) is 0 Å². The van der Waals surface area contributed by atoms with E-state index in [1.54, 1.807) is 0 Å². The normalized spacial score (nSPS) is 14.0. The molecule has 2 aromatic rings. The van der Waals surface area contributed by atoms with Crippen LogP contribution in [-0.2, 0) is 28.4 Å². The number of aromatic carboxylic acids is 1. The Labute approximate surface area is 147 Å². The van der Waals surface area contributed by atoms with Gasteiger partial charge in [-0.25, -0.2) is 13.2 Å². The highest BCUT2D eigenvalue weighted by atomic mass is 35.5. The topological polar surface area (TPSA) is 71.4 Å². The van der Waals surface area contributed by atoms with Gasteiger partial charge >= 0.3 is 5.97 Å². The van der Waals surface area contributed by atoms with Crippen LogP contribution in [0, 0.1) is 0 Å². The van der Waals surface area contributed by atoms with Gasteiger partial charge in [0.05, 0.1) is 16.2 Å². The highest BCUT2D eigenvalue weighted by molar-refractivity contribution is 7.90. The Morgan fingerprint density at radius 1 is 1.17 bits per heavy atom. The number of hydrogen-bond donors (Lipinski definition) is 1. The number of rotatable bonds is 4. The van der Waals surface area contributed by atoms with E-state index < -0.39 is 15.8 Å². The predicted molar refractivity (Wildman–Crippen MR) is 90.7 cm³/mol. The lowest BCUT2D eigenvalue weighted by molar-refractivity contribution is 0.0695. The molecular formula is C15H12Cl2O4S2. The van der Waals surface area contributed by atoms with Crippen LogP contribution < -0.4 is 0 Å². The first kappa shape index (κ1) is 16.8. The van der Waals surface area contributed by atoms with Crippen LogP contribution in [0.15, 0.2) is 23.1 Å². The van der Waals surface area contributed by atoms with E-state index >= 15 is 0 Å². The van der Waals surface area contributed by atoms with Gasteiger partial charge in [-0.1, -0.05) is 23.2 Å². The molecule has 0 amide bonds. The fourth-order valence-corrected chi connectivity index (χ4v) is 6.58. The number of carboxylic acid groups (broad SMARTS) is 1. The van der Waals surface area contributed by atoms with E-state index in [1.807, 2.05) is 0 Å². The van der Waals surface area contributed by atoms with Crippen LogP contribution in [-0.4, -0.2) is 19.5 Å².